The Kier molecular flexibility index (Phi) is 7.10. The number of nitrogens with zero attached hydrogens (tertiary/aromatic N) is 1. The molecule has 7 nitrogen and oxygen atoms in total. The molecule has 1 aromatic rings. The Hall–Kier alpha value is -2.00. The normalized spacial score (nSPS) is 15.5. The van der Waals surface area contributed by atoms with Gasteiger partial charge in [0, 0.05) is 6.54 Å². The van der Waals surface area contributed by atoms with Crippen LogP contribution in [0.1, 0.15) is 19.4 Å². The van der Waals surface area contributed by atoms with E-state index < -0.39 is 5.97 Å². The number of likely N-dealkylation sites (N-methyl/N-ethyl adjacent to an activating group) is 1. The lowest BCUT2D eigenvalue weighted by Gasteiger charge is -2.13. The molecule has 0 aliphatic carbocycles. The second kappa shape index (κ2) is 9.09. The van der Waals surface area contributed by atoms with Crippen LogP contribution in [0.25, 0.3) is 6.08 Å². The third-order valence-electron chi connectivity index (χ3n) is 3.38. The molecule has 0 atom stereocenters. The van der Waals surface area contributed by atoms with E-state index >= 15 is 0 Å². The van der Waals surface area contributed by atoms with Gasteiger partial charge in [-0.25, -0.2) is 4.79 Å². The number of imide groups is 1. The highest BCUT2D eigenvalue weighted by Gasteiger charge is 2.33. The van der Waals surface area contributed by atoms with Crippen LogP contribution in [0.5, 0.6) is 11.5 Å². The molecular formula is C17H18BrNO6S. The Labute approximate surface area is 163 Å². The highest BCUT2D eigenvalue weighted by Crippen LogP contribution is 2.39. The van der Waals surface area contributed by atoms with Crippen LogP contribution in [0.3, 0.4) is 0 Å². The van der Waals surface area contributed by atoms with Crippen LogP contribution in [-0.4, -0.2) is 48.9 Å². The third-order valence-corrected chi connectivity index (χ3v) is 4.88. The van der Waals surface area contributed by atoms with Crippen LogP contribution < -0.4 is 9.47 Å². The van der Waals surface area contributed by atoms with Gasteiger partial charge in [0.2, 0.25) is 0 Å². The lowest BCUT2D eigenvalue weighted by molar-refractivity contribution is -0.145. The highest BCUT2D eigenvalue weighted by molar-refractivity contribution is 9.10. The summed E-state index contributed by atoms with van der Waals surface area (Å²) in [6, 6.07) is 3.37. The van der Waals surface area contributed by atoms with Gasteiger partial charge in [0.25, 0.3) is 11.1 Å². The van der Waals surface area contributed by atoms with E-state index in [-0.39, 0.29) is 24.4 Å². The Bertz CT molecular complexity index is 764. The molecule has 0 unspecified atom stereocenters. The summed E-state index contributed by atoms with van der Waals surface area (Å²) in [5.41, 5.74) is 0.652. The molecule has 1 aliphatic heterocycles. The molecule has 0 saturated carbocycles. The van der Waals surface area contributed by atoms with Crippen molar-refractivity contribution in [3.8, 4) is 11.5 Å². The predicted octanol–water partition coefficient (Wildman–Crippen LogP) is 3.46. The minimum absolute atomic E-state index is 0.252. The number of benzene rings is 1. The van der Waals surface area contributed by atoms with Gasteiger partial charge < -0.3 is 14.2 Å². The monoisotopic (exact) mass is 443 g/mol. The van der Waals surface area contributed by atoms with E-state index in [4.69, 9.17) is 14.2 Å². The van der Waals surface area contributed by atoms with Crippen LogP contribution >= 0.6 is 27.7 Å². The number of hydrogen-bond donors (Lipinski definition) is 0. The van der Waals surface area contributed by atoms with Gasteiger partial charge in [-0.3, -0.25) is 14.5 Å². The number of hydrogen-bond acceptors (Lipinski definition) is 7. The molecule has 1 aliphatic rings. The number of esters is 1. The molecule has 2 amide bonds. The minimum Gasteiger partial charge on any atom is -0.493 e. The number of thioether (sulfide) groups is 1. The molecule has 2 rings (SSSR count). The summed E-state index contributed by atoms with van der Waals surface area (Å²) in [5.74, 6) is -0.0806. The van der Waals surface area contributed by atoms with Crippen molar-refractivity contribution < 1.29 is 28.6 Å². The van der Waals surface area contributed by atoms with Gasteiger partial charge in [-0.2, -0.15) is 0 Å². The standard InChI is InChI=1S/C17H18BrNO6S/c1-4-19-16(21)13(26-17(19)22)8-10-6-11(18)15(12(7-10)23-3)25-9-14(20)24-5-2/h6-8H,4-5,9H2,1-3H3/b13-8+. The smallest absolute Gasteiger partial charge is 0.344 e. The predicted molar refractivity (Wildman–Crippen MR) is 101 cm³/mol. The largest absolute Gasteiger partial charge is 0.493 e. The van der Waals surface area contributed by atoms with E-state index in [1.165, 1.54) is 12.0 Å². The summed E-state index contributed by atoms with van der Waals surface area (Å²) in [4.78, 5) is 37.0. The van der Waals surface area contributed by atoms with Crippen molar-refractivity contribution in [1.82, 2.24) is 4.90 Å². The van der Waals surface area contributed by atoms with E-state index in [1.54, 1.807) is 32.1 Å². The Morgan fingerprint density at radius 1 is 1.31 bits per heavy atom. The second-order valence-electron chi connectivity index (χ2n) is 5.05. The van der Waals surface area contributed by atoms with Gasteiger partial charge in [-0.05, 0) is 65.3 Å². The zero-order valence-electron chi connectivity index (χ0n) is 14.5. The van der Waals surface area contributed by atoms with Crippen LogP contribution in [0.15, 0.2) is 21.5 Å². The molecule has 1 aromatic carbocycles. The fourth-order valence-corrected chi connectivity index (χ4v) is 3.70. The average Bonchev–Trinajstić information content (AvgIpc) is 2.86. The van der Waals surface area contributed by atoms with Crippen molar-refractivity contribution in [3.63, 3.8) is 0 Å². The molecular weight excluding hydrogens is 426 g/mol. The summed E-state index contributed by atoms with van der Waals surface area (Å²) in [6.45, 7) is 3.80. The highest BCUT2D eigenvalue weighted by atomic mass is 79.9. The summed E-state index contributed by atoms with van der Waals surface area (Å²) < 4.78 is 16.1. The SMILES string of the molecule is CCOC(=O)COc1c(Br)cc(/C=C2/SC(=O)N(CC)C2=O)cc1OC. The Morgan fingerprint density at radius 2 is 2.04 bits per heavy atom. The van der Waals surface area contributed by atoms with Crippen molar-refractivity contribution in [3.05, 3.63) is 27.1 Å². The first-order valence-electron chi connectivity index (χ1n) is 7.82. The molecule has 0 radical (unpaired) electrons. The fraction of sp³-hybridized carbons (Fsp3) is 0.353. The number of rotatable bonds is 7. The van der Waals surface area contributed by atoms with Gasteiger partial charge in [0.15, 0.2) is 18.1 Å². The second-order valence-corrected chi connectivity index (χ2v) is 6.90. The van der Waals surface area contributed by atoms with Crippen molar-refractivity contribution in [2.24, 2.45) is 0 Å². The van der Waals surface area contributed by atoms with Crippen LogP contribution in [-0.2, 0) is 14.3 Å². The number of ether oxygens (including phenoxy) is 3. The molecule has 9 heteroatoms. The summed E-state index contributed by atoms with van der Waals surface area (Å²) in [6.07, 6.45) is 1.61. The van der Waals surface area contributed by atoms with E-state index in [1.807, 2.05) is 0 Å². The van der Waals surface area contributed by atoms with E-state index in [0.29, 0.717) is 33.0 Å². The van der Waals surface area contributed by atoms with Gasteiger partial charge in [0.1, 0.15) is 0 Å². The average molecular weight is 444 g/mol. The maximum absolute atomic E-state index is 12.2. The molecule has 26 heavy (non-hydrogen) atoms. The maximum Gasteiger partial charge on any atom is 0.344 e. The minimum atomic E-state index is -0.487. The molecule has 0 aromatic heterocycles. The lowest BCUT2D eigenvalue weighted by atomic mass is 10.2. The van der Waals surface area contributed by atoms with E-state index in [0.717, 1.165) is 11.8 Å². The van der Waals surface area contributed by atoms with Crippen LogP contribution in [0.4, 0.5) is 4.79 Å². The quantitative estimate of drug-likeness (QED) is 0.471. The molecule has 0 N–H and O–H groups in total. The van der Waals surface area contributed by atoms with Crippen molar-refractivity contribution in [1.29, 1.82) is 0 Å². The fourth-order valence-electron chi connectivity index (χ4n) is 2.22. The maximum atomic E-state index is 12.2. The third kappa shape index (κ3) is 4.59. The molecule has 0 spiro atoms. The number of halogens is 1. The topological polar surface area (TPSA) is 82.1 Å². The zero-order valence-corrected chi connectivity index (χ0v) is 16.9. The first-order valence-corrected chi connectivity index (χ1v) is 9.43. The summed E-state index contributed by atoms with van der Waals surface area (Å²) >= 11 is 4.27. The van der Waals surface area contributed by atoms with Gasteiger partial charge in [-0.1, -0.05) is 0 Å². The number of carbonyl (C=O) groups is 3. The lowest BCUT2D eigenvalue weighted by Crippen LogP contribution is -2.27. The number of carbonyl (C=O) groups excluding carboxylic acids is 3. The van der Waals surface area contributed by atoms with Crippen LogP contribution in [0, 0.1) is 0 Å². The van der Waals surface area contributed by atoms with Crippen molar-refractivity contribution in [2.75, 3.05) is 26.9 Å². The zero-order chi connectivity index (χ0) is 19.3. The summed E-state index contributed by atoms with van der Waals surface area (Å²) in [7, 11) is 1.47. The number of methoxy groups -OCH3 is 1. The van der Waals surface area contributed by atoms with Crippen molar-refractivity contribution in [2.45, 2.75) is 13.8 Å². The molecule has 1 heterocycles. The van der Waals surface area contributed by atoms with E-state index in [9.17, 15) is 14.4 Å². The Morgan fingerprint density at radius 3 is 2.62 bits per heavy atom. The Balaban J connectivity index is 2.26. The first-order chi connectivity index (χ1) is 12.4. The van der Waals surface area contributed by atoms with Gasteiger partial charge in [0.05, 0.1) is 23.1 Å². The van der Waals surface area contributed by atoms with Gasteiger partial charge in [-0.15, -0.1) is 0 Å². The van der Waals surface area contributed by atoms with Crippen molar-refractivity contribution >= 4 is 50.9 Å². The van der Waals surface area contributed by atoms with E-state index in [2.05, 4.69) is 15.9 Å². The molecule has 1 fully saturated rings. The molecule has 0 bridgehead atoms. The first kappa shape index (κ1) is 20.3. The van der Waals surface area contributed by atoms with Gasteiger partial charge >= 0.3 is 5.97 Å². The van der Waals surface area contributed by atoms with Crippen LogP contribution in [0.2, 0.25) is 0 Å². The molecule has 140 valence electrons. The molecule has 1 saturated heterocycles. The number of amides is 2. The summed E-state index contributed by atoms with van der Waals surface area (Å²) in [5, 5.41) is -0.288.